The van der Waals surface area contributed by atoms with Gasteiger partial charge in [-0.05, 0) is 35.9 Å². The fourth-order valence-electron chi connectivity index (χ4n) is 1.99. The minimum absolute atomic E-state index is 0.128. The predicted molar refractivity (Wildman–Crippen MR) is 84.1 cm³/mol. The minimum Gasteiger partial charge on any atom is -0.324 e. The van der Waals surface area contributed by atoms with Crippen LogP contribution in [0.4, 0.5) is 5.69 Å². The van der Waals surface area contributed by atoms with Crippen molar-refractivity contribution < 1.29 is 13.2 Å². The molecule has 0 bridgehead atoms. The summed E-state index contributed by atoms with van der Waals surface area (Å²) in [6, 6.07) is 8.21. The number of hydrogen-bond donors (Lipinski definition) is 2. The van der Waals surface area contributed by atoms with Gasteiger partial charge in [0.15, 0.2) is 0 Å². The highest BCUT2D eigenvalue weighted by atomic mass is 32.2. The molecule has 3 rings (SSSR count). The highest BCUT2D eigenvalue weighted by Gasteiger charge is 2.20. The average molecular weight is 335 g/mol. The van der Waals surface area contributed by atoms with Gasteiger partial charge in [0.1, 0.15) is 0 Å². The van der Waals surface area contributed by atoms with Crippen molar-refractivity contribution in [3.8, 4) is 0 Å². The number of aromatic nitrogens is 1. The number of carbonyl (C=O) groups is 1. The number of benzene rings is 1. The van der Waals surface area contributed by atoms with E-state index in [4.69, 9.17) is 0 Å². The topological polar surface area (TPSA) is 88.2 Å². The molecule has 0 aliphatic carbocycles. The number of carbonyl (C=O) groups excluding carboxylic acids is 1. The maximum absolute atomic E-state index is 12.3. The molecule has 1 aliphatic heterocycles. The number of thioether (sulfide) groups is 1. The lowest BCUT2D eigenvalue weighted by molar-refractivity contribution is -0.113. The summed E-state index contributed by atoms with van der Waals surface area (Å²) in [5, 5.41) is 2.69. The van der Waals surface area contributed by atoms with Gasteiger partial charge in [0.05, 0.1) is 16.3 Å². The molecule has 1 aliphatic rings. The quantitative estimate of drug-likeness (QED) is 0.886. The van der Waals surface area contributed by atoms with Crippen molar-refractivity contribution in [2.45, 2.75) is 16.3 Å². The standard InChI is InChI=1S/C14H13N3O3S2/c18-14-9-21-13-2-1-11(7-12(13)17-14)22(19,20)16-8-10-3-5-15-6-4-10/h1-7,16H,8-9H2,(H,17,18). The third-order valence-electron chi connectivity index (χ3n) is 3.11. The van der Waals surface area contributed by atoms with Gasteiger partial charge in [-0.25, -0.2) is 13.1 Å². The van der Waals surface area contributed by atoms with Crippen LogP contribution in [0.3, 0.4) is 0 Å². The third kappa shape index (κ3) is 3.29. The summed E-state index contributed by atoms with van der Waals surface area (Å²) in [4.78, 5) is 16.3. The second kappa shape index (κ2) is 6.07. The first-order chi connectivity index (χ1) is 10.5. The van der Waals surface area contributed by atoms with Crippen molar-refractivity contribution in [1.82, 2.24) is 9.71 Å². The largest absolute Gasteiger partial charge is 0.324 e. The molecule has 2 aromatic rings. The molecule has 0 atom stereocenters. The van der Waals surface area contributed by atoms with E-state index in [1.807, 2.05) is 0 Å². The molecule has 2 N–H and O–H groups in total. The molecule has 0 fully saturated rings. The molecule has 0 spiro atoms. The predicted octanol–water partition coefficient (Wildman–Crippen LogP) is 1.60. The van der Waals surface area contributed by atoms with E-state index in [1.165, 1.54) is 23.9 Å². The van der Waals surface area contributed by atoms with Crippen molar-refractivity contribution in [2.24, 2.45) is 0 Å². The van der Waals surface area contributed by atoms with Gasteiger partial charge in [-0.15, -0.1) is 11.8 Å². The molecule has 114 valence electrons. The van der Waals surface area contributed by atoms with Crippen LogP contribution in [-0.2, 0) is 21.4 Å². The zero-order chi connectivity index (χ0) is 15.6. The first-order valence-corrected chi connectivity index (χ1v) is 8.97. The second-order valence-corrected chi connectivity index (χ2v) is 7.46. The molecule has 8 heteroatoms. The Hall–Kier alpha value is -1.90. The first kappa shape index (κ1) is 15.0. The van der Waals surface area contributed by atoms with E-state index >= 15 is 0 Å². The maximum atomic E-state index is 12.3. The normalized spacial score (nSPS) is 14.3. The molecule has 1 amide bonds. The summed E-state index contributed by atoms with van der Waals surface area (Å²) in [5.41, 5.74) is 1.36. The number of rotatable bonds is 4. The summed E-state index contributed by atoms with van der Waals surface area (Å²) in [6.07, 6.45) is 3.21. The van der Waals surface area contributed by atoms with Crippen LogP contribution in [0.25, 0.3) is 0 Å². The van der Waals surface area contributed by atoms with Crippen LogP contribution >= 0.6 is 11.8 Å². The van der Waals surface area contributed by atoms with E-state index in [0.717, 1.165) is 10.5 Å². The van der Waals surface area contributed by atoms with Crippen LogP contribution in [0, 0.1) is 0 Å². The Morgan fingerprint density at radius 1 is 1.23 bits per heavy atom. The highest BCUT2D eigenvalue weighted by Crippen LogP contribution is 2.33. The minimum atomic E-state index is -3.64. The molecule has 0 saturated heterocycles. The number of anilines is 1. The van der Waals surface area contributed by atoms with Gasteiger partial charge in [-0.1, -0.05) is 0 Å². The number of nitrogens with zero attached hydrogens (tertiary/aromatic N) is 1. The monoisotopic (exact) mass is 335 g/mol. The van der Waals surface area contributed by atoms with Crippen molar-refractivity contribution in [2.75, 3.05) is 11.1 Å². The summed E-state index contributed by atoms with van der Waals surface area (Å²) in [7, 11) is -3.64. The first-order valence-electron chi connectivity index (χ1n) is 6.50. The molecule has 0 unspecified atom stereocenters. The SMILES string of the molecule is O=C1CSc2ccc(S(=O)(=O)NCc3ccncc3)cc2N1. The Morgan fingerprint density at radius 3 is 2.77 bits per heavy atom. The van der Waals surface area contributed by atoms with Crippen LogP contribution in [-0.4, -0.2) is 25.1 Å². The van der Waals surface area contributed by atoms with Gasteiger partial charge in [-0.2, -0.15) is 0 Å². The van der Waals surface area contributed by atoms with E-state index in [0.29, 0.717) is 11.4 Å². The number of fused-ring (bicyclic) bond motifs is 1. The van der Waals surface area contributed by atoms with Gasteiger partial charge in [-0.3, -0.25) is 9.78 Å². The number of hydrogen-bond acceptors (Lipinski definition) is 5. The average Bonchev–Trinajstić information content (AvgIpc) is 2.53. The lowest BCUT2D eigenvalue weighted by Crippen LogP contribution is -2.24. The lowest BCUT2D eigenvalue weighted by atomic mass is 10.3. The Balaban J connectivity index is 1.80. The van der Waals surface area contributed by atoms with E-state index < -0.39 is 10.0 Å². The summed E-state index contributed by atoms with van der Waals surface area (Å²) in [5.74, 6) is 0.219. The Labute approximate surface area is 132 Å². The number of pyridine rings is 1. The molecule has 2 heterocycles. The molecule has 1 aromatic heterocycles. The van der Waals surface area contributed by atoms with Gasteiger partial charge < -0.3 is 5.32 Å². The smallest absolute Gasteiger partial charge is 0.240 e. The molecule has 6 nitrogen and oxygen atoms in total. The Kier molecular flexibility index (Phi) is 4.14. The van der Waals surface area contributed by atoms with Crippen LogP contribution in [0.5, 0.6) is 0 Å². The molecular formula is C14H13N3O3S2. The molecule has 0 radical (unpaired) electrons. The molecule has 0 saturated carbocycles. The zero-order valence-corrected chi connectivity index (χ0v) is 13.1. The van der Waals surface area contributed by atoms with Crippen molar-refractivity contribution in [1.29, 1.82) is 0 Å². The van der Waals surface area contributed by atoms with Gasteiger partial charge in [0, 0.05) is 23.8 Å². The third-order valence-corrected chi connectivity index (χ3v) is 5.58. The van der Waals surface area contributed by atoms with Gasteiger partial charge in [0.2, 0.25) is 15.9 Å². The maximum Gasteiger partial charge on any atom is 0.240 e. The Bertz CT molecular complexity index is 807. The fourth-order valence-corrected chi connectivity index (χ4v) is 3.82. The van der Waals surface area contributed by atoms with Crippen LogP contribution in [0.1, 0.15) is 5.56 Å². The number of nitrogens with one attached hydrogen (secondary N) is 2. The summed E-state index contributed by atoms with van der Waals surface area (Å²) >= 11 is 1.39. The highest BCUT2D eigenvalue weighted by molar-refractivity contribution is 8.00. The summed E-state index contributed by atoms with van der Waals surface area (Å²) in [6.45, 7) is 0.184. The van der Waals surface area contributed by atoms with Gasteiger partial charge >= 0.3 is 0 Å². The van der Waals surface area contributed by atoms with Crippen molar-refractivity contribution in [3.05, 3.63) is 48.3 Å². The number of amides is 1. The molecule has 22 heavy (non-hydrogen) atoms. The van der Waals surface area contributed by atoms with E-state index in [2.05, 4.69) is 15.0 Å². The number of sulfonamides is 1. The molecule has 1 aromatic carbocycles. The van der Waals surface area contributed by atoms with Gasteiger partial charge in [0.25, 0.3) is 0 Å². The van der Waals surface area contributed by atoms with E-state index in [-0.39, 0.29) is 17.3 Å². The fraction of sp³-hybridized carbons (Fsp3) is 0.143. The van der Waals surface area contributed by atoms with Crippen molar-refractivity contribution >= 4 is 33.4 Å². The zero-order valence-electron chi connectivity index (χ0n) is 11.4. The van der Waals surface area contributed by atoms with E-state index in [1.54, 1.807) is 30.6 Å². The van der Waals surface area contributed by atoms with E-state index in [9.17, 15) is 13.2 Å². The lowest BCUT2D eigenvalue weighted by Gasteiger charge is -2.17. The summed E-state index contributed by atoms with van der Waals surface area (Å²) < 4.78 is 27.2. The molecular weight excluding hydrogens is 322 g/mol. The van der Waals surface area contributed by atoms with Crippen LogP contribution in [0.15, 0.2) is 52.5 Å². The van der Waals surface area contributed by atoms with Crippen molar-refractivity contribution in [3.63, 3.8) is 0 Å². The van der Waals surface area contributed by atoms with Crippen LogP contribution in [0.2, 0.25) is 0 Å². The van der Waals surface area contributed by atoms with Crippen LogP contribution < -0.4 is 10.0 Å². The second-order valence-electron chi connectivity index (χ2n) is 4.67. The Morgan fingerprint density at radius 2 is 2.00 bits per heavy atom.